The van der Waals surface area contributed by atoms with Gasteiger partial charge in [0.1, 0.15) is 4.60 Å². The predicted molar refractivity (Wildman–Crippen MR) is 80.5 cm³/mol. The molecule has 3 heterocycles. The summed E-state index contributed by atoms with van der Waals surface area (Å²) in [5.41, 5.74) is 0. The van der Waals surface area contributed by atoms with Crippen molar-refractivity contribution in [1.29, 1.82) is 0 Å². The first-order valence-corrected chi connectivity index (χ1v) is 8.60. The van der Waals surface area contributed by atoms with E-state index >= 15 is 0 Å². The summed E-state index contributed by atoms with van der Waals surface area (Å²) in [6, 6.07) is 0.824. The van der Waals surface area contributed by atoms with Crippen molar-refractivity contribution in [3.8, 4) is 0 Å². The first kappa shape index (κ1) is 12.9. The van der Waals surface area contributed by atoms with Gasteiger partial charge < -0.3 is 9.80 Å². The molecule has 0 amide bonds. The lowest BCUT2D eigenvalue weighted by Gasteiger charge is -2.40. The van der Waals surface area contributed by atoms with Crippen LogP contribution in [-0.2, 0) is 0 Å². The molecular formula is C13H20BrN3S. The standard InChI is InChI=1S/C13H20BrN3S/c14-12-10-18-13(15-12)17-8-4-11(5-9-17)16-6-2-1-3-7-16/h10-11H,1-9H2. The zero-order valence-corrected chi connectivity index (χ0v) is 13.0. The zero-order valence-electron chi connectivity index (χ0n) is 10.6. The van der Waals surface area contributed by atoms with E-state index in [2.05, 4.69) is 36.1 Å². The molecule has 18 heavy (non-hydrogen) atoms. The minimum atomic E-state index is 0.824. The molecule has 1 aromatic rings. The van der Waals surface area contributed by atoms with Crippen molar-refractivity contribution in [3.63, 3.8) is 0 Å². The molecule has 0 unspecified atom stereocenters. The molecule has 0 N–H and O–H groups in total. The van der Waals surface area contributed by atoms with E-state index in [-0.39, 0.29) is 0 Å². The summed E-state index contributed by atoms with van der Waals surface area (Å²) in [5.74, 6) is 0. The molecule has 0 bridgehead atoms. The van der Waals surface area contributed by atoms with Crippen LogP contribution in [0.5, 0.6) is 0 Å². The summed E-state index contributed by atoms with van der Waals surface area (Å²) in [5, 5.41) is 3.26. The number of hydrogen-bond donors (Lipinski definition) is 0. The van der Waals surface area contributed by atoms with Crippen LogP contribution in [-0.4, -0.2) is 42.1 Å². The minimum Gasteiger partial charge on any atom is -0.348 e. The normalized spacial score (nSPS) is 23.5. The highest BCUT2D eigenvalue weighted by Crippen LogP contribution is 2.28. The Hall–Kier alpha value is -0.130. The Labute approximate surface area is 121 Å². The number of rotatable bonds is 2. The fourth-order valence-corrected chi connectivity index (χ4v) is 4.40. The van der Waals surface area contributed by atoms with Crippen molar-refractivity contribution < 1.29 is 0 Å². The van der Waals surface area contributed by atoms with E-state index < -0.39 is 0 Å². The van der Waals surface area contributed by atoms with E-state index in [1.54, 1.807) is 11.3 Å². The second kappa shape index (κ2) is 5.88. The molecule has 0 spiro atoms. The van der Waals surface area contributed by atoms with Crippen LogP contribution < -0.4 is 4.90 Å². The average Bonchev–Trinajstić information content (AvgIpc) is 2.87. The molecule has 0 radical (unpaired) electrons. The number of piperidine rings is 2. The third kappa shape index (κ3) is 2.89. The molecule has 0 atom stereocenters. The van der Waals surface area contributed by atoms with Crippen molar-refractivity contribution in [2.45, 2.75) is 38.1 Å². The summed E-state index contributed by atoms with van der Waals surface area (Å²) in [7, 11) is 0. The van der Waals surface area contributed by atoms with Crippen molar-refractivity contribution in [2.75, 3.05) is 31.1 Å². The van der Waals surface area contributed by atoms with Crippen molar-refractivity contribution in [3.05, 3.63) is 9.98 Å². The maximum atomic E-state index is 4.52. The van der Waals surface area contributed by atoms with Crippen LogP contribution in [0.15, 0.2) is 9.98 Å². The lowest BCUT2D eigenvalue weighted by Crippen LogP contribution is -2.46. The smallest absolute Gasteiger partial charge is 0.186 e. The molecule has 100 valence electrons. The van der Waals surface area contributed by atoms with Crippen LogP contribution in [0.1, 0.15) is 32.1 Å². The van der Waals surface area contributed by atoms with Gasteiger partial charge in [-0.2, -0.15) is 0 Å². The molecule has 5 heteroatoms. The van der Waals surface area contributed by atoms with Crippen LogP contribution in [0.3, 0.4) is 0 Å². The van der Waals surface area contributed by atoms with Crippen LogP contribution in [0.25, 0.3) is 0 Å². The summed E-state index contributed by atoms with van der Waals surface area (Å²) in [6.07, 6.45) is 6.84. The van der Waals surface area contributed by atoms with Crippen molar-refractivity contribution >= 4 is 32.4 Å². The highest BCUT2D eigenvalue weighted by molar-refractivity contribution is 9.10. The molecule has 2 fully saturated rings. The van der Waals surface area contributed by atoms with Crippen LogP contribution in [0.2, 0.25) is 0 Å². The average molecular weight is 330 g/mol. The van der Waals surface area contributed by atoms with Gasteiger partial charge >= 0.3 is 0 Å². The van der Waals surface area contributed by atoms with Gasteiger partial charge in [0, 0.05) is 24.5 Å². The van der Waals surface area contributed by atoms with Crippen LogP contribution in [0.4, 0.5) is 5.13 Å². The Morgan fingerprint density at radius 3 is 2.44 bits per heavy atom. The largest absolute Gasteiger partial charge is 0.348 e. The summed E-state index contributed by atoms with van der Waals surface area (Å²) < 4.78 is 0.973. The number of thiazole rings is 1. The zero-order chi connectivity index (χ0) is 12.4. The van der Waals surface area contributed by atoms with Gasteiger partial charge in [0.25, 0.3) is 0 Å². The Kier molecular flexibility index (Phi) is 4.21. The Morgan fingerprint density at radius 2 is 1.83 bits per heavy atom. The number of hydrogen-bond acceptors (Lipinski definition) is 4. The molecule has 2 saturated heterocycles. The molecule has 2 aliphatic rings. The SMILES string of the molecule is Brc1csc(N2CCC(N3CCCCC3)CC2)n1. The molecule has 3 nitrogen and oxygen atoms in total. The number of likely N-dealkylation sites (tertiary alicyclic amines) is 1. The summed E-state index contributed by atoms with van der Waals surface area (Å²) in [6.45, 7) is 4.99. The lowest BCUT2D eigenvalue weighted by molar-refractivity contribution is 0.141. The number of anilines is 1. The molecule has 3 rings (SSSR count). The van der Waals surface area contributed by atoms with E-state index in [1.807, 2.05) is 0 Å². The quantitative estimate of drug-likeness (QED) is 0.829. The third-order valence-electron chi connectivity index (χ3n) is 4.11. The first-order chi connectivity index (χ1) is 8.83. The first-order valence-electron chi connectivity index (χ1n) is 6.93. The van der Waals surface area contributed by atoms with E-state index in [4.69, 9.17) is 0 Å². The number of halogens is 1. The second-order valence-electron chi connectivity index (χ2n) is 5.27. The maximum absolute atomic E-state index is 4.52. The van der Waals surface area contributed by atoms with Gasteiger partial charge in [-0.15, -0.1) is 11.3 Å². The van der Waals surface area contributed by atoms with Gasteiger partial charge in [0.15, 0.2) is 5.13 Å². The fraction of sp³-hybridized carbons (Fsp3) is 0.769. The molecule has 2 aliphatic heterocycles. The van der Waals surface area contributed by atoms with Crippen LogP contribution >= 0.6 is 27.3 Å². The van der Waals surface area contributed by atoms with Gasteiger partial charge in [0.05, 0.1) is 0 Å². The molecular weight excluding hydrogens is 310 g/mol. The summed E-state index contributed by atoms with van der Waals surface area (Å²) >= 11 is 5.18. The molecule has 0 saturated carbocycles. The van der Waals surface area contributed by atoms with E-state index in [0.29, 0.717) is 0 Å². The van der Waals surface area contributed by atoms with E-state index in [1.165, 1.54) is 63.4 Å². The van der Waals surface area contributed by atoms with Gasteiger partial charge in [-0.1, -0.05) is 6.42 Å². The maximum Gasteiger partial charge on any atom is 0.186 e. The number of aromatic nitrogens is 1. The summed E-state index contributed by atoms with van der Waals surface area (Å²) in [4.78, 5) is 9.68. The second-order valence-corrected chi connectivity index (χ2v) is 6.92. The number of nitrogens with zero attached hydrogens (tertiary/aromatic N) is 3. The van der Waals surface area contributed by atoms with E-state index in [9.17, 15) is 0 Å². The molecule has 0 aromatic carbocycles. The molecule has 1 aromatic heterocycles. The monoisotopic (exact) mass is 329 g/mol. The highest BCUT2D eigenvalue weighted by atomic mass is 79.9. The third-order valence-corrected chi connectivity index (χ3v) is 5.72. The Balaban J connectivity index is 1.54. The van der Waals surface area contributed by atoms with Gasteiger partial charge in [-0.05, 0) is 54.7 Å². The van der Waals surface area contributed by atoms with Gasteiger partial charge in [0.2, 0.25) is 0 Å². The fourth-order valence-electron chi connectivity index (χ4n) is 3.10. The Bertz CT molecular complexity index is 381. The molecule has 0 aliphatic carbocycles. The van der Waals surface area contributed by atoms with Crippen molar-refractivity contribution in [1.82, 2.24) is 9.88 Å². The minimum absolute atomic E-state index is 0.824. The van der Waals surface area contributed by atoms with Crippen molar-refractivity contribution in [2.24, 2.45) is 0 Å². The van der Waals surface area contributed by atoms with Gasteiger partial charge in [-0.3, -0.25) is 0 Å². The van der Waals surface area contributed by atoms with Gasteiger partial charge in [-0.25, -0.2) is 4.98 Å². The topological polar surface area (TPSA) is 19.4 Å². The van der Waals surface area contributed by atoms with Crippen LogP contribution in [0, 0.1) is 0 Å². The van der Waals surface area contributed by atoms with E-state index in [0.717, 1.165) is 10.6 Å². The lowest BCUT2D eigenvalue weighted by atomic mass is 10.0. The highest BCUT2D eigenvalue weighted by Gasteiger charge is 2.26. The Morgan fingerprint density at radius 1 is 1.11 bits per heavy atom. The predicted octanol–water partition coefficient (Wildman–Crippen LogP) is 3.36.